The molecular weight excluding hydrogens is 249 g/mol. The molecule has 0 unspecified atom stereocenters. The minimum atomic E-state index is 0.000732. The molecule has 5 heteroatoms. The average molecular weight is 262 g/mol. The number of carbonyl (C=O) groups excluding carboxylic acids is 1. The van der Waals surface area contributed by atoms with Gasteiger partial charge in [-0.3, -0.25) is 4.79 Å². The lowest BCUT2D eigenvalue weighted by molar-refractivity contribution is -0.120. The number of carbonyl (C=O) groups is 1. The second-order valence-corrected chi connectivity index (χ2v) is 3.89. The van der Waals surface area contributed by atoms with E-state index in [2.05, 4.69) is 5.32 Å². The Balaban J connectivity index is 2.38. The number of halogens is 2. The van der Waals surface area contributed by atoms with Gasteiger partial charge in [0.2, 0.25) is 5.91 Å². The van der Waals surface area contributed by atoms with E-state index in [0.29, 0.717) is 35.4 Å². The van der Waals surface area contributed by atoms with Crippen molar-refractivity contribution in [2.75, 3.05) is 13.2 Å². The van der Waals surface area contributed by atoms with E-state index in [4.69, 9.17) is 27.9 Å². The first-order chi connectivity index (χ1) is 7.65. The molecule has 0 heterocycles. The summed E-state index contributed by atoms with van der Waals surface area (Å²) in [6.45, 7) is 2.62. The number of hydrogen-bond donors (Lipinski definition) is 1. The molecule has 1 rings (SSSR count). The highest BCUT2D eigenvalue weighted by Crippen LogP contribution is 2.31. The first-order valence-electron chi connectivity index (χ1n) is 4.98. The van der Waals surface area contributed by atoms with Crippen LogP contribution in [0.4, 0.5) is 0 Å². The monoisotopic (exact) mass is 261 g/mol. The maximum atomic E-state index is 10.9. The van der Waals surface area contributed by atoms with E-state index in [1.807, 2.05) is 0 Å². The lowest BCUT2D eigenvalue weighted by atomic mass is 10.3. The first-order valence-corrected chi connectivity index (χ1v) is 5.74. The van der Waals surface area contributed by atoms with Crippen molar-refractivity contribution in [3.8, 4) is 5.75 Å². The quantitative estimate of drug-likeness (QED) is 0.828. The molecule has 88 valence electrons. The molecule has 1 aromatic rings. The van der Waals surface area contributed by atoms with Gasteiger partial charge in [0.25, 0.3) is 0 Å². The molecule has 0 saturated heterocycles. The van der Waals surface area contributed by atoms with Crippen molar-refractivity contribution < 1.29 is 9.53 Å². The van der Waals surface area contributed by atoms with Gasteiger partial charge in [-0.25, -0.2) is 0 Å². The van der Waals surface area contributed by atoms with Crippen LogP contribution in [0, 0.1) is 0 Å². The van der Waals surface area contributed by atoms with Crippen LogP contribution in [-0.4, -0.2) is 19.1 Å². The predicted octanol–water partition coefficient (Wildman–Crippen LogP) is 2.90. The molecule has 0 saturated carbocycles. The molecule has 0 aliphatic heterocycles. The summed E-state index contributed by atoms with van der Waals surface area (Å²) in [5.41, 5.74) is 0. The van der Waals surface area contributed by atoms with Gasteiger partial charge in [-0.1, -0.05) is 36.2 Å². The maximum absolute atomic E-state index is 10.9. The molecule has 3 nitrogen and oxygen atoms in total. The van der Waals surface area contributed by atoms with Gasteiger partial charge in [0.15, 0.2) is 0 Å². The zero-order valence-electron chi connectivity index (χ0n) is 8.93. The fourth-order valence-electron chi connectivity index (χ4n) is 1.07. The highest BCUT2D eigenvalue weighted by molar-refractivity contribution is 6.42. The topological polar surface area (TPSA) is 38.3 Å². The third-order valence-electron chi connectivity index (χ3n) is 1.92. The normalized spacial score (nSPS) is 9.94. The van der Waals surface area contributed by atoms with Crippen LogP contribution in [0.2, 0.25) is 10.0 Å². The van der Waals surface area contributed by atoms with Crippen molar-refractivity contribution in [1.82, 2.24) is 5.32 Å². The third-order valence-corrected chi connectivity index (χ3v) is 2.72. The van der Waals surface area contributed by atoms with Crippen LogP contribution in [-0.2, 0) is 4.79 Å². The van der Waals surface area contributed by atoms with Crippen LogP contribution in [0.15, 0.2) is 18.2 Å². The number of hydrogen-bond acceptors (Lipinski definition) is 2. The largest absolute Gasteiger partial charge is 0.490 e. The van der Waals surface area contributed by atoms with Crippen molar-refractivity contribution >= 4 is 29.1 Å². The Morgan fingerprint density at radius 2 is 2.19 bits per heavy atom. The fourth-order valence-corrected chi connectivity index (χ4v) is 1.42. The summed E-state index contributed by atoms with van der Waals surface area (Å²) in [5.74, 6) is 0.528. The molecule has 0 radical (unpaired) electrons. The summed E-state index contributed by atoms with van der Waals surface area (Å²) >= 11 is 11.7. The van der Waals surface area contributed by atoms with Crippen LogP contribution >= 0.6 is 23.2 Å². The van der Waals surface area contributed by atoms with Gasteiger partial charge in [0, 0.05) is 6.42 Å². The van der Waals surface area contributed by atoms with E-state index in [1.165, 1.54) is 0 Å². The van der Waals surface area contributed by atoms with Gasteiger partial charge in [-0.2, -0.15) is 0 Å². The van der Waals surface area contributed by atoms with E-state index in [9.17, 15) is 4.79 Å². The van der Waals surface area contributed by atoms with Crippen LogP contribution in [0.25, 0.3) is 0 Å². The zero-order chi connectivity index (χ0) is 12.0. The zero-order valence-corrected chi connectivity index (χ0v) is 10.4. The van der Waals surface area contributed by atoms with Gasteiger partial charge in [-0.05, 0) is 12.1 Å². The molecule has 0 bridgehead atoms. The number of rotatable bonds is 5. The Hall–Kier alpha value is -0.930. The number of ether oxygens (including phenoxy) is 1. The average Bonchev–Trinajstić information content (AvgIpc) is 2.29. The molecule has 0 fully saturated rings. The van der Waals surface area contributed by atoms with Gasteiger partial charge in [-0.15, -0.1) is 0 Å². The Morgan fingerprint density at radius 1 is 1.44 bits per heavy atom. The molecule has 1 N–H and O–H groups in total. The first kappa shape index (κ1) is 13.1. The van der Waals surface area contributed by atoms with Gasteiger partial charge < -0.3 is 10.1 Å². The summed E-state index contributed by atoms with van der Waals surface area (Å²) in [4.78, 5) is 10.9. The van der Waals surface area contributed by atoms with Crippen molar-refractivity contribution in [1.29, 1.82) is 0 Å². The smallest absolute Gasteiger partial charge is 0.219 e. The summed E-state index contributed by atoms with van der Waals surface area (Å²) in [7, 11) is 0. The van der Waals surface area contributed by atoms with Crippen molar-refractivity contribution in [2.45, 2.75) is 13.3 Å². The second kappa shape index (κ2) is 6.61. The summed E-state index contributed by atoms with van der Waals surface area (Å²) in [6.07, 6.45) is 0.470. The van der Waals surface area contributed by atoms with Crippen LogP contribution < -0.4 is 10.1 Å². The highest BCUT2D eigenvalue weighted by Gasteiger charge is 2.04. The third kappa shape index (κ3) is 3.91. The molecule has 16 heavy (non-hydrogen) atoms. The molecule has 1 aromatic carbocycles. The Bertz CT molecular complexity index is 369. The Labute approximate surface area is 105 Å². The Kier molecular flexibility index (Phi) is 5.43. The maximum Gasteiger partial charge on any atom is 0.219 e. The lowest BCUT2D eigenvalue weighted by Gasteiger charge is -2.09. The number of nitrogens with one attached hydrogen (secondary N) is 1. The lowest BCUT2D eigenvalue weighted by Crippen LogP contribution is -2.27. The van der Waals surface area contributed by atoms with Crippen molar-refractivity contribution in [3.05, 3.63) is 28.2 Å². The SMILES string of the molecule is CCC(=O)NCCOc1cccc(Cl)c1Cl. The summed E-state index contributed by atoms with van der Waals surface area (Å²) in [5, 5.41) is 3.55. The van der Waals surface area contributed by atoms with Crippen molar-refractivity contribution in [3.63, 3.8) is 0 Å². The van der Waals surface area contributed by atoms with E-state index < -0.39 is 0 Å². The summed E-state index contributed by atoms with van der Waals surface area (Å²) < 4.78 is 5.38. The number of amides is 1. The van der Waals surface area contributed by atoms with E-state index in [0.717, 1.165) is 0 Å². The van der Waals surface area contributed by atoms with Gasteiger partial charge >= 0.3 is 0 Å². The van der Waals surface area contributed by atoms with Crippen LogP contribution in [0.5, 0.6) is 5.75 Å². The van der Waals surface area contributed by atoms with Gasteiger partial charge in [0.1, 0.15) is 17.4 Å². The Morgan fingerprint density at radius 3 is 2.88 bits per heavy atom. The minimum absolute atomic E-state index is 0.000732. The summed E-state index contributed by atoms with van der Waals surface area (Å²) in [6, 6.07) is 5.18. The molecule has 0 atom stereocenters. The van der Waals surface area contributed by atoms with Gasteiger partial charge in [0.05, 0.1) is 11.6 Å². The standard InChI is InChI=1S/C11H13Cl2NO2/c1-2-10(15)14-6-7-16-9-5-3-4-8(12)11(9)13/h3-5H,2,6-7H2,1H3,(H,14,15). The van der Waals surface area contributed by atoms with Crippen molar-refractivity contribution in [2.24, 2.45) is 0 Å². The van der Waals surface area contributed by atoms with E-state index in [1.54, 1.807) is 25.1 Å². The molecule has 0 spiro atoms. The predicted molar refractivity (Wildman–Crippen MR) is 65.3 cm³/mol. The van der Waals surface area contributed by atoms with E-state index >= 15 is 0 Å². The number of benzene rings is 1. The molecule has 0 aromatic heterocycles. The molecule has 0 aliphatic rings. The second-order valence-electron chi connectivity index (χ2n) is 3.10. The van der Waals surface area contributed by atoms with Crippen LogP contribution in [0.3, 0.4) is 0 Å². The highest BCUT2D eigenvalue weighted by atomic mass is 35.5. The van der Waals surface area contributed by atoms with Crippen LogP contribution in [0.1, 0.15) is 13.3 Å². The molecule has 0 aliphatic carbocycles. The minimum Gasteiger partial charge on any atom is -0.490 e. The van der Waals surface area contributed by atoms with E-state index in [-0.39, 0.29) is 5.91 Å². The fraction of sp³-hybridized carbons (Fsp3) is 0.364. The molecule has 1 amide bonds. The molecular formula is C11H13Cl2NO2.